The van der Waals surface area contributed by atoms with E-state index >= 15 is 0 Å². The molecule has 3 aromatic carbocycles. The molecule has 0 radical (unpaired) electrons. The molecular formula is C28H31NO5. The lowest BCUT2D eigenvalue weighted by Crippen LogP contribution is -2.30. The van der Waals surface area contributed by atoms with Gasteiger partial charge in [-0.25, -0.2) is 4.79 Å². The van der Waals surface area contributed by atoms with Gasteiger partial charge in [0.05, 0.1) is 13.7 Å². The van der Waals surface area contributed by atoms with Gasteiger partial charge >= 0.3 is 6.16 Å². The summed E-state index contributed by atoms with van der Waals surface area (Å²) in [7, 11) is 1.63. The van der Waals surface area contributed by atoms with Crippen LogP contribution in [0.2, 0.25) is 0 Å². The molecule has 1 atom stereocenters. The van der Waals surface area contributed by atoms with Crippen molar-refractivity contribution in [2.75, 3.05) is 26.8 Å². The predicted octanol–water partition coefficient (Wildman–Crippen LogP) is 5.91. The second kappa shape index (κ2) is 12.4. The van der Waals surface area contributed by atoms with Crippen molar-refractivity contribution in [1.82, 2.24) is 4.90 Å². The Morgan fingerprint density at radius 2 is 1.38 bits per heavy atom. The Labute approximate surface area is 201 Å². The predicted molar refractivity (Wildman–Crippen MR) is 132 cm³/mol. The number of carbonyl (C=O) groups is 2. The highest BCUT2D eigenvalue weighted by Crippen LogP contribution is 2.30. The minimum atomic E-state index is -0.736. The highest BCUT2D eigenvalue weighted by molar-refractivity contribution is 5.94. The van der Waals surface area contributed by atoms with Crippen molar-refractivity contribution in [3.05, 3.63) is 95.6 Å². The van der Waals surface area contributed by atoms with Gasteiger partial charge in [-0.1, -0.05) is 42.5 Å². The van der Waals surface area contributed by atoms with E-state index in [1.807, 2.05) is 68.4 Å². The van der Waals surface area contributed by atoms with Crippen LogP contribution >= 0.6 is 0 Å². The summed E-state index contributed by atoms with van der Waals surface area (Å²) in [5, 5.41) is 0. The van der Waals surface area contributed by atoms with Crippen molar-refractivity contribution in [3.8, 4) is 11.5 Å². The molecule has 1 amide bonds. The standard InChI is InChI=1S/C28H31NO5/c1-4-29(5-2)27(30)23-13-11-21(12-14-23)26(22-15-17-24(32-3)18-16-22)19-20-33-28(31)34-25-9-7-6-8-10-25/h6-18,26H,4-5,19-20H2,1-3H3. The Morgan fingerprint density at radius 3 is 1.94 bits per heavy atom. The second-order valence-corrected chi connectivity index (χ2v) is 7.73. The van der Waals surface area contributed by atoms with E-state index in [9.17, 15) is 9.59 Å². The van der Waals surface area contributed by atoms with Crippen LogP contribution in [-0.4, -0.2) is 43.8 Å². The smallest absolute Gasteiger partial charge is 0.497 e. The lowest BCUT2D eigenvalue weighted by atomic mass is 9.88. The van der Waals surface area contributed by atoms with Crippen molar-refractivity contribution in [1.29, 1.82) is 0 Å². The van der Waals surface area contributed by atoms with Crippen LogP contribution in [0.5, 0.6) is 11.5 Å². The summed E-state index contributed by atoms with van der Waals surface area (Å²) >= 11 is 0. The zero-order valence-electron chi connectivity index (χ0n) is 19.9. The Hall–Kier alpha value is -3.80. The topological polar surface area (TPSA) is 65.1 Å². The molecule has 34 heavy (non-hydrogen) atoms. The van der Waals surface area contributed by atoms with Gasteiger partial charge in [0, 0.05) is 24.6 Å². The Kier molecular flexibility index (Phi) is 9.09. The first-order valence-electron chi connectivity index (χ1n) is 11.5. The third-order valence-electron chi connectivity index (χ3n) is 5.70. The lowest BCUT2D eigenvalue weighted by Gasteiger charge is -2.21. The highest BCUT2D eigenvalue weighted by atomic mass is 16.7. The monoisotopic (exact) mass is 461 g/mol. The first-order chi connectivity index (χ1) is 16.5. The van der Waals surface area contributed by atoms with Crippen LogP contribution in [0.4, 0.5) is 4.79 Å². The average Bonchev–Trinajstić information content (AvgIpc) is 2.88. The van der Waals surface area contributed by atoms with Crippen LogP contribution in [0.15, 0.2) is 78.9 Å². The molecule has 0 saturated heterocycles. The largest absolute Gasteiger partial charge is 0.513 e. The fourth-order valence-corrected chi connectivity index (χ4v) is 3.79. The van der Waals surface area contributed by atoms with Gasteiger partial charge in [0.25, 0.3) is 5.91 Å². The number of hydrogen-bond donors (Lipinski definition) is 0. The van der Waals surface area contributed by atoms with Gasteiger partial charge < -0.3 is 19.1 Å². The molecule has 0 spiro atoms. The third-order valence-corrected chi connectivity index (χ3v) is 5.70. The zero-order valence-corrected chi connectivity index (χ0v) is 19.9. The van der Waals surface area contributed by atoms with Gasteiger partial charge in [-0.2, -0.15) is 0 Å². The van der Waals surface area contributed by atoms with Gasteiger partial charge in [-0.3, -0.25) is 4.79 Å². The van der Waals surface area contributed by atoms with Gasteiger partial charge in [-0.05, 0) is 67.8 Å². The van der Waals surface area contributed by atoms with Crippen molar-refractivity contribution >= 4 is 12.1 Å². The van der Waals surface area contributed by atoms with Crippen molar-refractivity contribution in [2.45, 2.75) is 26.2 Å². The van der Waals surface area contributed by atoms with Crippen LogP contribution in [-0.2, 0) is 4.74 Å². The molecular weight excluding hydrogens is 430 g/mol. The van der Waals surface area contributed by atoms with E-state index in [1.165, 1.54) is 0 Å². The Balaban J connectivity index is 1.73. The maximum absolute atomic E-state index is 12.7. The molecule has 0 bridgehead atoms. The molecule has 6 nitrogen and oxygen atoms in total. The first kappa shape index (κ1) is 24.8. The molecule has 3 rings (SSSR count). The highest BCUT2D eigenvalue weighted by Gasteiger charge is 2.18. The summed E-state index contributed by atoms with van der Waals surface area (Å²) in [6, 6.07) is 24.3. The quantitative estimate of drug-likeness (QED) is 0.277. The number of amides is 1. The number of rotatable bonds is 10. The van der Waals surface area contributed by atoms with Crippen molar-refractivity contribution in [3.63, 3.8) is 0 Å². The van der Waals surface area contributed by atoms with E-state index in [1.54, 1.807) is 36.3 Å². The Morgan fingerprint density at radius 1 is 0.794 bits per heavy atom. The molecule has 3 aromatic rings. The van der Waals surface area contributed by atoms with Crippen molar-refractivity contribution in [2.24, 2.45) is 0 Å². The maximum atomic E-state index is 12.7. The summed E-state index contributed by atoms with van der Waals surface area (Å²) in [6.07, 6.45) is -0.181. The zero-order chi connectivity index (χ0) is 24.3. The van der Waals surface area contributed by atoms with Gasteiger partial charge in [0.15, 0.2) is 0 Å². The van der Waals surface area contributed by atoms with Crippen LogP contribution in [0, 0.1) is 0 Å². The molecule has 0 fully saturated rings. The van der Waals surface area contributed by atoms with Gasteiger partial charge in [-0.15, -0.1) is 0 Å². The number of methoxy groups -OCH3 is 1. The van der Waals surface area contributed by atoms with Gasteiger partial charge in [0.2, 0.25) is 0 Å². The molecule has 0 aromatic heterocycles. The van der Waals surface area contributed by atoms with E-state index in [4.69, 9.17) is 14.2 Å². The van der Waals surface area contributed by atoms with Crippen LogP contribution in [0.3, 0.4) is 0 Å². The molecule has 0 saturated carbocycles. The van der Waals surface area contributed by atoms with Crippen LogP contribution in [0.25, 0.3) is 0 Å². The number of para-hydroxylation sites is 1. The Bertz CT molecular complexity index is 1040. The number of benzene rings is 3. The molecule has 0 aliphatic carbocycles. The number of nitrogens with zero attached hydrogens (tertiary/aromatic N) is 1. The molecule has 0 N–H and O–H groups in total. The summed E-state index contributed by atoms with van der Waals surface area (Å²) in [6.45, 7) is 5.46. The van der Waals surface area contributed by atoms with E-state index in [0.717, 1.165) is 16.9 Å². The number of ether oxygens (including phenoxy) is 3. The van der Waals surface area contributed by atoms with Crippen LogP contribution < -0.4 is 9.47 Å². The molecule has 0 heterocycles. The average molecular weight is 462 g/mol. The van der Waals surface area contributed by atoms with E-state index < -0.39 is 6.16 Å². The van der Waals surface area contributed by atoms with Crippen LogP contribution in [0.1, 0.15) is 47.7 Å². The van der Waals surface area contributed by atoms with E-state index in [0.29, 0.717) is 30.8 Å². The van der Waals surface area contributed by atoms with E-state index in [-0.39, 0.29) is 18.4 Å². The fourth-order valence-electron chi connectivity index (χ4n) is 3.79. The summed E-state index contributed by atoms with van der Waals surface area (Å²) in [5.74, 6) is 1.19. The summed E-state index contributed by atoms with van der Waals surface area (Å²) < 4.78 is 15.8. The normalized spacial score (nSPS) is 11.4. The summed E-state index contributed by atoms with van der Waals surface area (Å²) in [5.41, 5.74) is 2.74. The maximum Gasteiger partial charge on any atom is 0.513 e. The van der Waals surface area contributed by atoms with E-state index in [2.05, 4.69) is 0 Å². The first-order valence-corrected chi connectivity index (χ1v) is 11.5. The fraction of sp³-hybridized carbons (Fsp3) is 0.286. The molecule has 0 aliphatic heterocycles. The minimum absolute atomic E-state index is 0.0181. The molecule has 0 aliphatic rings. The second-order valence-electron chi connectivity index (χ2n) is 7.73. The molecule has 178 valence electrons. The lowest BCUT2D eigenvalue weighted by molar-refractivity contribution is 0.0772. The third kappa shape index (κ3) is 6.61. The summed E-state index contributed by atoms with van der Waals surface area (Å²) in [4.78, 5) is 26.5. The van der Waals surface area contributed by atoms with Crippen molar-refractivity contribution < 1.29 is 23.8 Å². The number of hydrogen-bond acceptors (Lipinski definition) is 5. The molecule has 6 heteroatoms. The number of carbonyl (C=O) groups excluding carboxylic acids is 2. The minimum Gasteiger partial charge on any atom is -0.497 e. The SMILES string of the molecule is CCN(CC)C(=O)c1ccc(C(CCOC(=O)Oc2ccccc2)c2ccc(OC)cc2)cc1. The molecule has 1 unspecified atom stereocenters. The van der Waals surface area contributed by atoms with Gasteiger partial charge in [0.1, 0.15) is 11.5 Å².